The zero-order valence-electron chi connectivity index (χ0n) is 10.4. The summed E-state index contributed by atoms with van der Waals surface area (Å²) in [6.45, 7) is 2.39. The lowest BCUT2D eigenvalue weighted by Gasteiger charge is -2.01. The van der Waals surface area contributed by atoms with E-state index in [4.69, 9.17) is 10.2 Å². The molecule has 2 aromatic heterocycles. The van der Waals surface area contributed by atoms with E-state index in [-0.39, 0.29) is 0 Å². The maximum Gasteiger partial charge on any atom is 0.296 e. The van der Waals surface area contributed by atoms with Crippen LogP contribution >= 0.6 is 0 Å². The van der Waals surface area contributed by atoms with Crippen LogP contribution in [-0.2, 0) is 6.54 Å². The molecule has 0 aliphatic heterocycles. The molecule has 0 amide bonds. The first-order valence-corrected chi connectivity index (χ1v) is 5.89. The largest absolute Gasteiger partial charge is 0.424 e. The van der Waals surface area contributed by atoms with E-state index in [2.05, 4.69) is 20.3 Å². The van der Waals surface area contributed by atoms with Gasteiger partial charge in [-0.1, -0.05) is 0 Å². The quantitative estimate of drug-likeness (QED) is 0.697. The Morgan fingerprint density at radius 1 is 1.26 bits per heavy atom. The number of benzene rings is 1. The third-order valence-corrected chi connectivity index (χ3v) is 2.67. The van der Waals surface area contributed by atoms with Crippen molar-refractivity contribution in [2.45, 2.75) is 13.5 Å². The lowest BCUT2D eigenvalue weighted by Crippen LogP contribution is -2.03. The Morgan fingerprint density at radius 3 is 3.00 bits per heavy atom. The fourth-order valence-electron chi connectivity index (χ4n) is 1.79. The molecular weight excluding hydrogens is 242 g/mol. The number of nitrogen functional groups attached to an aromatic ring is 1. The highest BCUT2D eigenvalue weighted by molar-refractivity contribution is 5.78. The van der Waals surface area contributed by atoms with Gasteiger partial charge in [0.2, 0.25) is 0 Å². The van der Waals surface area contributed by atoms with Gasteiger partial charge in [-0.25, -0.2) is 9.97 Å². The molecule has 0 unspecified atom stereocenters. The molecule has 19 heavy (non-hydrogen) atoms. The summed E-state index contributed by atoms with van der Waals surface area (Å²) in [5.74, 6) is 0.740. The molecule has 3 rings (SSSR count). The first-order valence-electron chi connectivity index (χ1n) is 5.89. The molecule has 6 heteroatoms. The molecule has 0 fully saturated rings. The number of nitrogens with two attached hydrogens (primary N) is 1. The van der Waals surface area contributed by atoms with Gasteiger partial charge in [0, 0.05) is 11.9 Å². The minimum Gasteiger partial charge on any atom is -0.424 e. The van der Waals surface area contributed by atoms with Crippen LogP contribution in [0.1, 0.15) is 11.5 Å². The second kappa shape index (κ2) is 4.56. The number of rotatable bonds is 3. The molecule has 1 aromatic carbocycles. The van der Waals surface area contributed by atoms with E-state index >= 15 is 0 Å². The molecule has 2 heterocycles. The van der Waals surface area contributed by atoms with Gasteiger partial charge in [0.1, 0.15) is 11.3 Å². The first-order chi connectivity index (χ1) is 9.20. The summed E-state index contributed by atoms with van der Waals surface area (Å²) < 4.78 is 5.55. The number of aromatic nitrogens is 3. The summed E-state index contributed by atoms with van der Waals surface area (Å²) in [5, 5.41) is 3.09. The molecule has 0 radical (unpaired) electrons. The molecule has 3 aromatic rings. The van der Waals surface area contributed by atoms with Crippen molar-refractivity contribution in [1.29, 1.82) is 0 Å². The average Bonchev–Trinajstić information content (AvgIpc) is 2.78. The van der Waals surface area contributed by atoms with Gasteiger partial charge in [-0.05, 0) is 31.2 Å². The zero-order valence-corrected chi connectivity index (χ0v) is 10.4. The summed E-state index contributed by atoms with van der Waals surface area (Å²) in [7, 11) is 0. The summed E-state index contributed by atoms with van der Waals surface area (Å²) in [5.41, 5.74) is 8.69. The fourth-order valence-corrected chi connectivity index (χ4v) is 1.79. The van der Waals surface area contributed by atoms with E-state index in [1.165, 1.54) is 0 Å². The standard InChI is InChI=1S/C13H13N5O/c1-8-15-5-4-10(17-8)7-16-13-18-11-6-9(14)2-3-12(11)19-13/h2-6H,7,14H2,1H3,(H,16,18). The van der Waals surface area contributed by atoms with Crippen LogP contribution < -0.4 is 11.1 Å². The normalized spacial score (nSPS) is 10.8. The van der Waals surface area contributed by atoms with Crippen molar-refractivity contribution in [3.05, 3.63) is 42.0 Å². The van der Waals surface area contributed by atoms with Gasteiger partial charge >= 0.3 is 0 Å². The van der Waals surface area contributed by atoms with Gasteiger partial charge in [0.15, 0.2) is 5.58 Å². The van der Waals surface area contributed by atoms with E-state index in [0.717, 1.165) is 17.0 Å². The first kappa shape index (κ1) is 11.5. The van der Waals surface area contributed by atoms with Crippen LogP contribution in [-0.4, -0.2) is 15.0 Å². The van der Waals surface area contributed by atoms with Crippen LogP contribution in [0.15, 0.2) is 34.9 Å². The van der Waals surface area contributed by atoms with Gasteiger partial charge in [0.25, 0.3) is 6.01 Å². The molecule has 96 valence electrons. The van der Waals surface area contributed by atoms with Crippen LogP contribution in [0.25, 0.3) is 11.1 Å². The van der Waals surface area contributed by atoms with Crippen molar-refractivity contribution >= 4 is 22.8 Å². The van der Waals surface area contributed by atoms with Gasteiger partial charge in [-0.2, -0.15) is 4.98 Å². The van der Waals surface area contributed by atoms with Crippen LogP contribution in [0.4, 0.5) is 11.7 Å². The number of oxazole rings is 1. The number of fused-ring (bicyclic) bond motifs is 1. The smallest absolute Gasteiger partial charge is 0.296 e. The Kier molecular flexibility index (Phi) is 2.75. The molecule has 0 atom stereocenters. The zero-order chi connectivity index (χ0) is 13.2. The lowest BCUT2D eigenvalue weighted by molar-refractivity contribution is 0.613. The summed E-state index contributed by atoms with van der Waals surface area (Å²) in [6.07, 6.45) is 1.73. The molecule has 0 aliphatic carbocycles. The number of nitrogens with zero attached hydrogens (tertiary/aromatic N) is 3. The Hall–Kier alpha value is -2.63. The Bertz CT molecular complexity index is 722. The van der Waals surface area contributed by atoms with Crippen LogP contribution in [0.2, 0.25) is 0 Å². The minimum atomic E-state index is 0.455. The molecule has 3 N–H and O–H groups in total. The number of hydrogen-bond acceptors (Lipinski definition) is 6. The van der Waals surface area contributed by atoms with E-state index in [0.29, 0.717) is 23.8 Å². The molecule has 0 bridgehead atoms. The molecule has 0 aliphatic rings. The van der Waals surface area contributed by atoms with Crippen molar-refractivity contribution in [3.63, 3.8) is 0 Å². The Morgan fingerprint density at radius 2 is 2.16 bits per heavy atom. The van der Waals surface area contributed by atoms with Crippen LogP contribution in [0, 0.1) is 6.92 Å². The van der Waals surface area contributed by atoms with E-state index in [1.54, 1.807) is 24.4 Å². The summed E-state index contributed by atoms with van der Waals surface area (Å²) in [6, 6.07) is 7.67. The predicted molar refractivity (Wildman–Crippen MR) is 72.5 cm³/mol. The van der Waals surface area contributed by atoms with Gasteiger partial charge in [0.05, 0.1) is 12.2 Å². The third-order valence-electron chi connectivity index (χ3n) is 2.67. The fraction of sp³-hybridized carbons (Fsp3) is 0.154. The van der Waals surface area contributed by atoms with Gasteiger partial charge in [-0.3, -0.25) is 0 Å². The number of hydrogen-bond donors (Lipinski definition) is 2. The van der Waals surface area contributed by atoms with E-state index < -0.39 is 0 Å². The molecule has 0 saturated heterocycles. The predicted octanol–water partition coefficient (Wildman–Crippen LogP) is 2.12. The van der Waals surface area contributed by atoms with Crippen LogP contribution in [0.5, 0.6) is 0 Å². The highest BCUT2D eigenvalue weighted by Crippen LogP contribution is 2.21. The third kappa shape index (κ3) is 2.47. The van der Waals surface area contributed by atoms with Crippen molar-refractivity contribution in [1.82, 2.24) is 15.0 Å². The SMILES string of the molecule is Cc1nccc(CNc2nc3cc(N)ccc3o2)n1. The second-order valence-corrected chi connectivity index (χ2v) is 4.19. The second-order valence-electron chi connectivity index (χ2n) is 4.19. The molecular formula is C13H13N5O. The molecule has 0 saturated carbocycles. The minimum absolute atomic E-state index is 0.455. The average molecular weight is 255 g/mol. The Balaban J connectivity index is 1.78. The molecule has 0 spiro atoms. The van der Waals surface area contributed by atoms with Crippen molar-refractivity contribution in [2.24, 2.45) is 0 Å². The Labute approximate surface area is 109 Å². The number of nitrogens with one attached hydrogen (secondary N) is 1. The van der Waals surface area contributed by atoms with Crippen molar-refractivity contribution < 1.29 is 4.42 Å². The highest BCUT2D eigenvalue weighted by Gasteiger charge is 2.05. The maximum atomic E-state index is 5.70. The topological polar surface area (TPSA) is 89.9 Å². The van der Waals surface area contributed by atoms with Crippen molar-refractivity contribution in [3.8, 4) is 0 Å². The monoisotopic (exact) mass is 255 g/mol. The van der Waals surface area contributed by atoms with E-state index in [9.17, 15) is 0 Å². The van der Waals surface area contributed by atoms with Crippen molar-refractivity contribution in [2.75, 3.05) is 11.1 Å². The van der Waals surface area contributed by atoms with Crippen LogP contribution in [0.3, 0.4) is 0 Å². The number of aryl methyl sites for hydroxylation is 1. The highest BCUT2D eigenvalue weighted by atomic mass is 16.4. The lowest BCUT2D eigenvalue weighted by atomic mass is 10.3. The summed E-state index contributed by atoms with van der Waals surface area (Å²) >= 11 is 0. The molecule has 6 nitrogen and oxygen atoms in total. The van der Waals surface area contributed by atoms with Gasteiger partial charge in [-0.15, -0.1) is 0 Å². The number of anilines is 2. The summed E-state index contributed by atoms with van der Waals surface area (Å²) in [4.78, 5) is 12.7. The van der Waals surface area contributed by atoms with Gasteiger partial charge < -0.3 is 15.5 Å². The maximum absolute atomic E-state index is 5.70. The van der Waals surface area contributed by atoms with E-state index in [1.807, 2.05) is 13.0 Å².